The van der Waals surface area contributed by atoms with Gasteiger partial charge in [-0.3, -0.25) is 0 Å². The molecule has 0 aliphatic carbocycles. The summed E-state index contributed by atoms with van der Waals surface area (Å²) < 4.78 is 11.0. The maximum Gasteiger partial charge on any atom is 0.258 e. The van der Waals surface area contributed by atoms with Crippen LogP contribution in [0.15, 0.2) is 52.7 Å². The molecule has 8 heteroatoms. The number of hydrogen-bond donors (Lipinski definition) is 2. The van der Waals surface area contributed by atoms with E-state index >= 15 is 0 Å². The Morgan fingerprint density at radius 2 is 1.91 bits per heavy atom. The number of hydrogen-bond acceptors (Lipinski definition) is 6. The SMILES string of the molecule is COc1ccc(C2NC(=S)N(CC(C)C)C(C)=C2c2nc(-c3ccc(C)cc3)no2)cc1O. The van der Waals surface area contributed by atoms with Gasteiger partial charge in [0.15, 0.2) is 16.6 Å². The Balaban J connectivity index is 1.82. The third-order valence-electron chi connectivity index (χ3n) is 5.65. The number of allylic oxidation sites excluding steroid dienone is 1. The van der Waals surface area contributed by atoms with E-state index in [9.17, 15) is 5.11 Å². The zero-order valence-electron chi connectivity index (χ0n) is 19.4. The lowest BCUT2D eigenvalue weighted by Gasteiger charge is -2.38. The van der Waals surface area contributed by atoms with Crippen molar-refractivity contribution >= 4 is 22.9 Å². The maximum absolute atomic E-state index is 10.4. The van der Waals surface area contributed by atoms with Gasteiger partial charge in [0.05, 0.1) is 18.7 Å². The van der Waals surface area contributed by atoms with E-state index in [2.05, 4.69) is 29.2 Å². The number of nitrogens with zero attached hydrogens (tertiary/aromatic N) is 3. The molecule has 0 spiro atoms. The lowest BCUT2D eigenvalue weighted by molar-refractivity contribution is 0.371. The molecule has 1 aliphatic rings. The second kappa shape index (κ2) is 9.23. The molecule has 33 heavy (non-hydrogen) atoms. The Hall–Kier alpha value is -3.39. The second-order valence-corrected chi connectivity index (χ2v) is 8.99. The van der Waals surface area contributed by atoms with Gasteiger partial charge in [-0.2, -0.15) is 4.98 Å². The molecule has 0 bridgehead atoms. The Kier molecular flexibility index (Phi) is 6.37. The van der Waals surface area contributed by atoms with E-state index < -0.39 is 0 Å². The fourth-order valence-corrected chi connectivity index (χ4v) is 4.26. The van der Waals surface area contributed by atoms with Gasteiger partial charge in [-0.15, -0.1) is 0 Å². The van der Waals surface area contributed by atoms with Crippen molar-refractivity contribution in [1.82, 2.24) is 20.4 Å². The molecular weight excluding hydrogens is 436 g/mol. The zero-order valence-corrected chi connectivity index (χ0v) is 20.2. The zero-order chi connectivity index (χ0) is 23.7. The fourth-order valence-electron chi connectivity index (χ4n) is 3.93. The van der Waals surface area contributed by atoms with E-state index in [-0.39, 0.29) is 11.8 Å². The molecule has 1 aliphatic heterocycles. The van der Waals surface area contributed by atoms with Crippen LogP contribution in [-0.2, 0) is 0 Å². The first-order chi connectivity index (χ1) is 15.8. The number of benzene rings is 2. The number of aromatic nitrogens is 2. The minimum absolute atomic E-state index is 0.0511. The van der Waals surface area contributed by atoms with E-state index in [0.717, 1.165) is 34.5 Å². The average molecular weight is 465 g/mol. The second-order valence-electron chi connectivity index (χ2n) is 8.61. The number of phenolic OH excluding ortho intramolecular Hbond substituents is 1. The van der Waals surface area contributed by atoms with Crippen molar-refractivity contribution in [2.45, 2.75) is 33.7 Å². The van der Waals surface area contributed by atoms with Gasteiger partial charge >= 0.3 is 0 Å². The number of aryl methyl sites for hydroxylation is 1. The minimum atomic E-state index is -0.371. The number of nitrogens with one attached hydrogen (secondary N) is 1. The highest BCUT2D eigenvalue weighted by Gasteiger charge is 2.34. The molecule has 2 aromatic carbocycles. The molecule has 1 unspecified atom stereocenters. The summed E-state index contributed by atoms with van der Waals surface area (Å²) >= 11 is 5.70. The first kappa shape index (κ1) is 22.8. The van der Waals surface area contributed by atoms with Gasteiger partial charge in [0, 0.05) is 17.8 Å². The number of phenols is 1. The van der Waals surface area contributed by atoms with Gasteiger partial charge in [0.25, 0.3) is 5.89 Å². The van der Waals surface area contributed by atoms with Crippen LogP contribution in [0.5, 0.6) is 11.5 Å². The predicted octanol–water partition coefficient (Wildman–Crippen LogP) is 5.08. The topological polar surface area (TPSA) is 83.7 Å². The largest absolute Gasteiger partial charge is 0.504 e. The van der Waals surface area contributed by atoms with Crippen LogP contribution in [0.4, 0.5) is 0 Å². The maximum atomic E-state index is 10.4. The number of ether oxygens (including phenoxy) is 1. The molecule has 1 atom stereocenters. The van der Waals surface area contributed by atoms with Crippen molar-refractivity contribution in [2.75, 3.05) is 13.7 Å². The van der Waals surface area contributed by atoms with Crippen LogP contribution in [0.1, 0.15) is 43.8 Å². The van der Waals surface area contributed by atoms with Gasteiger partial charge in [-0.05, 0) is 49.7 Å². The molecule has 0 saturated heterocycles. The predicted molar refractivity (Wildman–Crippen MR) is 132 cm³/mol. The number of methoxy groups -OCH3 is 1. The lowest BCUT2D eigenvalue weighted by Crippen LogP contribution is -2.47. The third kappa shape index (κ3) is 4.57. The first-order valence-corrected chi connectivity index (χ1v) is 11.3. The molecule has 1 aromatic heterocycles. The van der Waals surface area contributed by atoms with Crippen LogP contribution >= 0.6 is 12.2 Å². The summed E-state index contributed by atoms with van der Waals surface area (Å²) in [6, 6.07) is 12.9. The van der Waals surface area contributed by atoms with Crippen LogP contribution in [0.3, 0.4) is 0 Å². The third-order valence-corrected chi connectivity index (χ3v) is 5.98. The smallest absolute Gasteiger partial charge is 0.258 e. The Labute approximate surface area is 199 Å². The summed E-state index contributed by atoms with van der Waals surface area (Å²) in [6.45, 7) is 9.09. The summed E-state index contributed by atoms with van der Waals surface area (Å²) in [6.07, 6.45) is 0. The van der Waals surface area contributed by atoms with Gasteiger partial charge in [0.1, 0.15) is 0 Å². The van der Waals surface area contributed by atoms with Crippen molar-refractivity contribution in [3.8, 4) is 22.9 Å². The summed E-state index contributed by atoms with van der Waals surface area (Å²) in [5, 5.41) is 18.7. The highest BCUT2D eigenvalue weighted by Crippen LogP contribution is 2.40. The highest BCUT2D eigenvalue weighted by molar-refractivity contribution is 7.80. The van der Waals surface area contributed by atoms with Crippen LogP contribution in [0.25, 0.3) is 17.0 Å². The molecule has 7 nitrogen and oxygen atoms in total. The standard InChI is InChI=1S/C25H28N4O3S/c1-14(2)13-29-16(4)21(24-27-23(28-32-24)17-8-6-15(3)7-9-17)22(26-25(29)33)18-10-11-20(31-5)19(30)12-18/h6-12,14,22,30H,13H2,1-5H3,(H,26,33). The van der Waals surface area contributed by atoms with Gasteiger partial charge in [-0.1, -0.05) is 54.9 Å². The van der Waals surface area contributed by atoms with E-state index in [1.807, 2.05) is 44.2 Å². The molecule has 4 rings (SSSR count). The van der Waals surface area contributed by atoms with Crippen molar-refractivity contribution in [1.29, 1.82) is 0 Å². The molecule has 172 valence electrons. The quantitative estimate of drug-likeness (QED) is 0.489. The van der Waals surface area contributed by atoms with E-state index in [1.54, 1.807) is 12.1 Å². The lowest BCUT2D eigenvalue weighted by atomic mass is 9.94. The fraction of sp³-hybridized carbons (Fsp3) is 0.320. The summed E-state index contributed by atoms with van der Waals surface area (Å²) in [5.41, 5.74) is 4.61. The van der Waals surface area contributed by atoms with Crippen molar-refractivity contribution in [3.05, 3.63) is 65.2 Å². The highest BCUT2D eigenvalue weighted by atomic mass is 32.1. The molecule has 3 aromatic rings. The normalized spacial score (nSPS) is 16.4. The van der Waals surface area contributed by atoms with E-state index in [0.29, 0.717) is 28.5 Å². The number of thiocarbonyl (C=S) groups is 1. The van der Waals surface area contributed by atoms with Crippen LogP contribution in [0, 0.1) is 12.8 Å². The molecule has 2 N–H and O–H groups in total. The summed E-state index contributed by atoms with van der Waals surface area (Å²) in [7, 11) is 1.52. The van der Waals surface area contributed by atoms with Crippen molar-refractivity contribution < 1.29 is 14.4 Å². The monoisotopic (exact) mass is 464 g/mol. The number of rotatable bonds is 6. The number of aromatic hydroxyl groups is 1. The van der Waals surface area contributed by atoms with E-state index in [1.165, 1.54) is 7.11 Å². The molecule has 0 saturated carbocycles. The Morgan fingerprint density at radius 3 is 2.55 bits per heavy atom. The van der Waals surface area contributed by atoms with Crippen LogP contribution in [-0.4, -0.2) is 38.9 Å². The summed E-state index contributed by atoms with van der Waals surface area (Å²) in [4.78, 5) is 6.78. The van der Waals surface area contributed by atoms with Gasteiger partial charge in [0.2, 0.25) is 5.82 Å². The first-order valence-electron chi connectivity index (χ1n) is 10.8. The van der Waals surface area contributed by atoms with Gasteiger partial charge < -0.3 is 24.6 Å². The minimum Gasteiger partial charge on any atom is -0.504 e. The average Bonchev–Trinajstić information content (AvgIpc) is 3.26. The summed E-state index contributed by atoms with van der Waals surface area (Å²) in [5.74, 6) is 1.78. The van der Waals surface area contributed by atoms with Crippen LogP contribution in [0.2, 0.25) is 0 Å². The molecule has 2 heterocycles. The van der Waals surface area contributed by atoms with Gasteiger partial charge in [-0.25, -0.2) is 0 Å². The molecule has 0 fully saturated rings. The van der Waals surface area contributed by atoms with Crippen LogP contribution < -0.4 is 10.1 Å². The Morgan fingerprint density at radius 1 is 1.18 bits per heavy atom. The van der Waals surface area contributed by atoms with Crippen molar-refractivity contribution in [3.63, 3.8) is 0 Å². The van der Waals surface area contributed by atoms with E-state index in [4.69, 9.17) is 26.5 Å². The van der Waals surface area contributed by atoms with Crippen molar-refractivity contribution in [2.24, 2.45) is 5.92 Å². The molecular formula is C25H28N4O3S. The Bertz CT molecular complexity index is 1200. The molecule has 0 amide bonds. The molecule has 0 radical (unpaired) electrons.